The molecule has 6 aromatic carbocycles. The third-order valence-corrected chi connectivity index (χ3v) is 19.4. The first-order valence-electron chi connectivity index (χ1n) is 35.4. The minimum Gasteiger partial charge on any atom is -0.594 e. The summed E-state index contributed by atoms with van der Waals surface area (Å²) in [5, 5.41) is 3.54. The summed E-state index contributed by atoms with van der Waals surface area (Å²) in [6.07, 6.45) is 1.73. The number of imide groups is 1. The summed E-state index contributed by atoms with van der Waals surface area (Å²) < 4.78 is 34.5. The number of ether oxygens (including phenoxy) is 6. The molecule has 587 valence electrons. The van der Waals surface area contributed by atoms with E-state index in [0.29, 0.717) is 99.4 Å². The normalized spacial score (nSPS) is 17.2. The summed E-state index contributed by atoms with van der Waals surface area (Å²) in [6, 6.07) is 39.5. The van der Waals surface area contributed by atoms with Gasteiger partial charge in [-0.15, -0.1) is 0 Å². The van der Waals surface area contributed by atoms with Crippen molar-refractivity contribution in [2.45, 2.75) is 151 Å². The van der Waals surface area contributed by atoms with E-state index in [4.69, 9.17) is 28.4 Å². The fourth-order valence-corrected chi connectivity index (χ4v) is 13.7. The number of Topliss-reactive ketones (excluding diaryl/α,β-unsaturated/α-hetero) is 4. The van der Waals surface area contributed by atoms with Gasteiger partial charge in [-0.3, -0.25) is 38.7 Å². The van der Waals surface area contributed by atoms with Crippen molar-refractivity contribution in [3.63, 3.8) is 0 Å². The monoisotopic (exact) mass is 2130 g/mol. The van der Waals surface area contributed by atoms with Gasteiger partial charge in [-0.05, 0) is 123 Å². The Morgan fingerprint density at radius 3 is 1.08 bits per heavy atom. The van der Waals surface area contributed by atoms with Crippen LogP contribution in [-0.2, 0) is 135 Å². The molecule has 0 spiro atoms. The van der Waals surface area contributed by atoms with Crippen LogP contribution in [0.2, 0.25) is 0 Å². The Bertz CT molecular complexity index is 3850. The minimum atomic E-state index is -0.686. The Hall–Kier alpha value is -4.58. The molecule has 6 aromatic rings. The Morgan fingerprint density at radius 1 is 0.477 bits per heavy atom. The van der Waals surface area contributed by atoms with Gasteiger partial charge in [0.1, 0.15) is 48.6 Å². The molecule has 29 heteroatoms. The van der Waals surface area contributed by atoms with E-state index < -0.39 is 29.9 Å². The molecule has 4 fully saturated rings. The van der Waals surface area contributed by atoms with Gasteiger partial charge < -0.3 is 73.1 Å². The number of hydrogen-bond acceptors (Lipinski definition) is 18. The fraction of sp³-hybridized carbons (Fsp3) is 0.438. The molecule has 0 aromatic heterocycles. The van der Waals surface area contributed by atoms with E-state index in [0.717, 1.165) is 132 Å². The molecular weight excluding hydrogens is 2040 g/mol. The Morgan fingerprint density at radius 2 is 0.780 bits per heavy atom. The van der Waals surface area contributed by atoms with E-state index >= 15 is 0 Å². The number of ketones is 4. The van der Waals surface area contributed by atoms with Gasteiger partial charge in [-0.25, -0.2) is 0 Å². The van der Waals surface area contributed by atoms with Crippen molar-refractivity contribution >= 4 is 127 Å². The van der Waals surface area contributed by atoms with E-state index in [-0.39, 0.29) is 112 Å². The van der Waals surface area contributed by atoms with Crippen molar-refractivity contribution < 1.29 is 123 Å². The van der Waals surface area contributed by atoms with Crippen LogP contribution in [0, 0.1) is 0 Å². The molecule has 3 unspecified atom stereocenters. The zero-order valence-electron chi connectivity index (χ0n) is 61.2. The maximum atomic E-state index is 13.0. The van der Waals surface area contributed by atoms with Crippen molar-refractivity contribution in [3.8, 4) is 17.2 Å². The third kappa shape index (κ3) is 27.3. The van der Waals surface area contributed by atoms with Crippen LogP contribution in [-0.4, -0.2) is 185 Å². The summed E-state index contributed by atoms with van der Waals surface area (Å²) in [5.41, 5.74) is 10.9. The molecule has 23 nitrogen and oxygen atoms in total. The molecule has 0 aliphatic carbocycles. The Balaban J connectivity index is 0.000000245. The van der Waals surface area contributed by atoms with Gasteiger partial charge in [0.15, 0.2) is 11.6 Å². The molecule has 13 rings (SSSR count). The number of carbonyl (C=O) groups excluding carboxylic acids is 9. The van der Waals surface area contributed by atoms with Crippen molar-refractivity contribution in [1.29, 1.82) is 0 Å². The quantitative estimate of drug-likeness (QED) is 0.0361. The van der Waals surface area contributed by atoms with Gasteiger partial charge in [0.2, 0.25) is 0 Å². The second kappa shape index (κ2) is 48.0. The van der Waals surface area contributed by atoms with E-state index in [1.165, 1.54) is 49.3 Å². The van der Waals surface area contributed by atoms with E-state index in [1.54, 1.807) is 46.2 Å². The second-order valence-electron chi connectivity index (χ2n) is 26.8. The number of piperidine rings is 1. The van der Waals surface area contributed by atoms with Crippen LogP contribution < -0.4 is 27.5 Å². The largest absolute Gasteiger partial charge is 0.594 e. The first-order chi connectivity index (χ1) is 51.3. The average molecular weight is 2140 g/mol. The van der Waals surface area contributed by atoms with Crippen LogP contribution in [0.15, 0.2) is 127 Å². The van der Waals surface area contributed by atoms with Crippen LogP contribution in [0.5, 0.6) is 17.2 Å². The fourth-order valence-electron chi connectivity index (χ4n) is 13.7. The third-order valence-electron chi connectivity index (χ3n) is 19.4. The molecule has 109 heavy (non-hydrogen) atoms. The van der Waals surface area contributed by atoms with Gasteiger partial charge in [-0.1, -0.05) is 98.4 Å². The van der Waals surface area contributed by atoms with Crippen molar-refractivity contribution in [3.05, 3.63) is 199 Å². The summed E-state index contributed by atoms with van der Waals surface area (Å²) in [6.45, 7) is 21.2. The molecule has 1 radical (unpaired) electrons. The minimum absolute atomic E-state index is 0. The number of rotatable bonds is 26. The maximum Gasteiger partial charge on any atom is 0.255 e. The predicted molar refractivity (Wildman–Crippen MR) is 441 cm³/mol. The molecule has 7 aliphatic heterocycles. The topological polar surface area (TPSA) is 274 Å². The number of morpholine rings is 3. The van der Waals surface area contributed by atoms with Gasteiger partial charge in [0.05, 0.1) is 89.2 Å². The number of halogens is 5. The summed E-state index contributed by atoms with van der Waals surface area (Å²) in [5.74, 6) is 0.206. The van der Waals surface area contributed by atoms with Crippen LogP contribution in [0.4, 0.5) is 0 Å². The van der Waals surface area contributed by atoms with E-state index in [9.17, 15) is 43.2 Å². The van der Waals surface area contributed by atoms with Crippen molar-refractivity contribution in [1.82, 2.24) is 29.4 Å². The number of benzene rings is 6. The molecule has 5 amide bonds. The van der Waals surface area contributed by atoms with Gasteiger partial charge in [-0.2, -0.15) is 0 Å². The summed E-state index contributed by atoms with van der Waals surface area (Å²) in [4.78, 5) is 122. The van der Waals surface area contributed by atoms with Crippen molar-refractivity contribution in [2.75, 3.05) is 78.9 Å². The molecule has 4 saturated heterocycles. The zero-order valence-corrected chi connectivity index (χ0v) is 74.8. The molecule has 3 atom stereocenters. The van der Waals surface area contributed by atoms with Crippen LogP contribution >= 0.6 is 74.5 Å². The summed E-state index contributed by atoms with van der Waals surface area (Å²) >= 11 is 9.54. The van der Waals surface area contributed by atoms with E-state index in [1.807, 2.05) is 18.2 Å². The molecule has 7 heterocycles. The summed E-state index contributed by atoms with van der Waals surface area (Å²) in [7, 11) is 0. The zero-order chi connectivity index (χ0) is 75.7. The standard InChI is InChI=1S/2C27H32N2O5.C25H27N3O5.CH4.I3.I2.H2O.Y/c2*1-19(30)6-11-25(20(2)31)29-17-24-23(27(29)32)4-3-5-26(24)34-18-22-9-7-21(8-10-22)16-28-12-14-33-15-13-28;29-23-9-8-21(24(30)26-23)28-15-20-19(25(28)31)2-1-3-22(20)33-16-18-6-4-17(5-7-18)14-27-10-12-32-13-11-27;;1-3-2;1-2;;/h2*3-5,7-10,25H,6,11-18H2,1-2H3;1-7,21H,8-16H2,(H,26,29,30);1H4;;;1H2;/q;;;;-1;;;/p-1. The molecule has 2 N–H and O–H groups in total. The Labute approximate surface area is 717 Å². The molecular formula is C80H96I5N7O16Y-2. The smallest absolute Gasteiger partial charge is 0.255 e. The number of fused-ring (bicyclic) bond motifs is 3. The molecule has 7 aliphatic rings. The first kappa shape index (κ1) is 93.3. The number of amides is 5. The van der Waals surface area contributed by atoms with E-state index in [2.05, 4.69) is 167 Å². The van der Waals surface area contributed by atoms with Gasteiger partial charge >= 0.3 is 50.5 Å². The van der Waals surface area contributed by atoms with Crippen LogP contribution in [0.1, 0.15) is 155 Å². The average Bonchev–Trinajstić information content (AvgIpc) is 1.65. The number of carbonyl (C=O) groups is 9. The van der Waals surface area contributed by atoms with Crippen LogP contribution in [0.3, 0.4) is 0 Å². The number of hydrogen-bond donors (Lipinski definition) is 0. The maximum absolute atomic E-state index is 13.0. The molecule has 0 saturated carbocycles. The van der Waals surface area contributed by atoms with Crippen LogP contribution in [0.25, 0.3) is 5.32 Å². The Kier molecular flexibility index (Phi) is 41.0. The van der Waals surface area contributed by atoms with Crippen molar-refractivity contribution in [2.24, 2.45) is 0 Å². The molecule has 0 bridgehead atoms. The van der Waals surface area contributed by atoms with Gasteiger partial charge in [0, 0.05) is 175 Å². The van der Waals surface area contributed by atoms with Gasteiger partial charge in [0.25, 0.3) is 17.7 Å². The predicted octanol–water partition coefficient (Wildman–Crippen LogP) is 9.76. The second-order valence-corrected chi connectivity index (χ2v) is 43.1. The first-order valence-corrected chi connectivity index (χ1v) is 54.3. The number of nitrogens with zero attached hydrogens (tertiary/aromatic N) is 7. The SMILES string of the molecule is C.CC(=O)CCC(C(C)=O)N1Cc2c(OCc3ccc(CN4CCOCC4)cc3)cccc2C1=O.CC(=O)CCC(C(C)=O)N1Cc2c(OCc3ccc(CN4CCOCC4)cc3)cccc2C1=O.II.I[I-]I.O.O=C1CCC(N2Cc3c(OCc4ccc(CN5CCOCC5)cc4)cccc3C2=O)C(=O)[N-]1.[Y].